The topological polar surface area (TPSA) is 104 Å². The van der Waals surface area contributed by atoms with Crippen LogP contribution in [0, 0.1) is 20.8 Å². The van der Waals surface area contributed by atoms with Crippen molar-refractivity contribution in [2.24, 2.45) is 4.99 Å². The number of aromatic nitrogens is 4. The van der Waals surface area contributed by atoms with E-state index in [-0.39, 0.29) is 0 Å². The van der Waals surface area contributed by atoms with Gasteiger partial charge in [0.15, 0.2) is 13.1 Å². The smallest absolute Gasteiger partial charge is 0.234 e. The Hall–Kier alpha value is -3.22. The van der Waals surface area contributed by atoms with Gasteiger partial charge >= 0.3 is 0 Å². The van der Waals surface area contributed by atoms with Crippen molar-refractivity contribution >= 4 is 51.1 Å². The second kappa shape index (κ2) is 14.1. The second-order valence-electron chi connectivity index (χ2n) is 8.29. The normalized spacial score (nSPS) is 11.2. The first-order chi connectivity index (χ1) is 18.5. The number of thioether (sulfide) groups is 1. The lowest BCUT2D eigenvalue weighted by Crippen LogP contribution is -2.08. The van der Waals surface area contributed by atoms with Crippen molar-refractivity contribution in [3.63, 3.8) is 0 Å². The molecule has 0 radical (unpaired) electrons. The molecule has 0 unspecified atom stereocenters. The van der Waals surface area contributed by atoms with Crippen LogP contribution in [0.1, 0.15) is 26.7 Å². The van der Waals surface area contributed by atoms with Crippen LogP contribution in [-0.2, 0) is 12.8 Å². The molecule has 38 heavy (non-hydrogen) atoms. The number of benzene rings is 2. The summed E-state index contributed by atoms with van der Waals surface area (Å²) in [6, 6.07) is 11.7. The highest BCUT2D eigenvalue weighted by Crippen LogP contribution is 2.25. The Morgan fingerprint density at radius 3 is 2.39 bits per heavy atom. The van der Waals surface area contributed by atoms with Gasteiger partial charge in [-0.2, -0.15) is 16.8 Å². The Balaban J connectivity index is 1.10. The molecule has 0 aliphatic heterocycles. The molecule has 0 saturated carbocycles. The average molecular weight is 571 g/mol. The van der Waals surface area contributed by atoms with Gasteiger partial charge in [0.2, 0.25) is 10.3 Å². The predicted molar refractivity (Wildman–Crippen MR) is 156 cm³/mol. The lowest BCUT2D eigenvalue weighted by molar-refractivity contribution is 0.341. The number of ether oxygens (including phenoxy) is 3. The minimum atomic E-state index is 0.307. The van der Waals surface area contributed by atoms with E-state index in [4.69, 9.17) is 14.2 Å². The van der Waals surface area contributed by atoms with E-state index in [1.54, 1.807) is 18.4 Å². The van der Waals surface area contributed by atoms with Crippen LogP contribution < -0.4 is 19.5 Å². The third-order valence-electron chi connectivity index (χ3n) is 5.52. The molecular weight excluding hydrogens is 541 g/mol. The molecule has 2 heterocycles. The maximum absolute atomic E-state index is 5.74. The van der Waals surface area contributed by atoms with Gasteiger partial charge in [0, 0.05) is 18.9 Å². The van der Waals surface area contributed by atoms with E-state index in [0.29, 0.717) is 11.9 Å². The van der Waals surface area contributed by atoms with E-state index in [1.165, 1.54) is 28.9 Å². The van der Waals surface area contributed by atoms with Crippen LogP contribution in [0.15, 0.2) is 41.4 Å². The molecule has 9 nitrogen and oxygen atoms in total. The van der Waals surface area contributed by atoms with E-state index in [2.05, 4.69) is 44.6 Å². The van der Waals surface area contributed by atoms with Gasteiger partial charge in [-0.15, -0.1) is 20.4 Å². The minimum Gasteiger partial charge on any atom is -0.496 e. The third-order valence-corrected chi connectivity index (χ3v) is 8.33. The van der Waals surface area contributed by atoms with Crippen LogP contribution in [0.4, 0.5) is 10.3 Å². The quantitative estimate of drug-likeness (QED) is 0.0842. The number of nitrogens with one attached hydrogen (secondary N) is 1. The average Bonchev–Trinajstić information content (AvgIpc) is 3.56. The van der Waals surface area contributed by atoms with Crippen molar-refractivity contribution in [3.8, 4) is 17.2 Å². The Morgan fingerprint density at radius 2 is 1.61 bits per heavy atom. The zero-order chi connectivity index (χ0) is 26.7. The van der Waals surface area contributed by atoms with Crippen LogP contribution in [0.5, 0.6) is 17.2 Å². The molecule has 0 atom stereocenters. The van der Waals surface area contributed by atoms with Gasteiger partial charge in [-0.3, -0.25) is 0 Å². The standard InChI is InChI=1S/C26H30N6O3S3/c1-17-5-7-20(13-19(17)3)34-15-27-25-31-29-23(37-25)9-11-36-12-10-24-30-32-26(38-24)28-16-35-21-8-6-18(2)22(14-21)33-4/h5-8,13-15H,9-12,16H2,1-4H3,(H,28,32)/b27-15-. The van der Waals surface area contributed by atoms with E-state index in [0.717, 1.165) is 62.3 Å². The molecule has 0 aliphatic rings. The van der Waals surface area contributed by atoms with Gasteiger partial charge in [0.1, 0.15) is 27.3 Å². The molecule has 2 aromatic heterocycles. The van der Waals surface area contributed by atoms with Gasteiger partial charge in [-0.25, -0.2) is 0 Å². The SMILES string of the molecule is COc1cc(OCNc2nnc(CCSCCc3nnc(/N=C\Oc4ccc(C)c(C)c4)s3)s2)ccc1C. The zero-order valence-electron chi connectivity index (χ0n) is 21.8. The summed E-state index contributed by atoms with van der Waals surface area (Å²) < 4.78 is 16.7. The number of methoxy groups -OCH3 is 1. The Labute approximate surface area is 234 Å². The number of nitrogens with zero attached hydrogens (tertiary/aromatic N) is 5. The van der Waals surface area contributed by atoms with Crippen LogP contribution in [0.25, 0.3) is 0 Å². The molecule has 2 aromatic carbocycles. The molecular formula is C26H30N6O3S3. The summed E-state index contributed by atoms with van der Waals surface area (Å²) in [6.45, 7) is 6.43. The fourth-order valence-electron chi connectivity index (χ4n) is 3.24. The maximum atomic E-state index is 5.74. The maximum Gasteiger partial charge on any atom is 0.234 e. The molecule has 4 aromatic rings. The van der Waals surface area contributed by atoms with Gasteiger partial charge in [0.25, 0.3) is 0 Å². The summed E-state index contributed by atoms with van der Waals surface area (Å²) in [4.78, 5) is 4.27. The molecule has 12 heteroatoms. The van der Waals surface area contributed by atoms with Crippen LogP contribution in [-0.4, -0.2) is 52.1 Å². The van der Waals surface area contributed by atoms with Gasteiger partial charge in [-0.05, 0) is 67.2 Å². The van der Waals surface area contributed by atoms with Crippen molar-refractivity contribution in [3.05, 3.63) is 63.1 Å². The van der Waals surface area contributed by atoms with E-state index in [9.17, 15) is 0 Å². The van der Waals surface area contributed by atoms with Crippen LogP contribution in [0.3, 0.4) is 0 Å². The molecule has 200 valence electrons. The molecule has 1 N–H and O–H groups in total. The molecule has 0 fully saturated rings. The van der Waals surface area contributed by atoms with Crippen LogP contribution >= 0.6 is 34.4 Å². The molecule has 0 bridgehead atoms. The van der Waals surface area contributed by atoms with E-state index >= 15 is 0 Å². The number of aliphatic imine (C=N–C) groups is 1. The first kappa shape index (κ1) is 27.8. The van der Waals surface area contributed by atoms with Gasteiger partial charge in [-0.1, -0.05) is 34.8 Å². The summed E-state index contributed by atoms with van der Waals surface area (Å²) in [5, 5.41) is 23.3. The summed E-state index contributed by atoms with van der Waals surface area (Å²) >= 11 is 4.88. The Morgan fingerprint density at radius 1 is 0.868 bits per heavy atom. The fraction of sp³-hybridized carbons (Fsp3) is 0.346. The Kier molecular flexibility index (Phi) is 10.3. The number of aryl methyl sites for hydroxylation is 5. The predicted octanol–water partition coefficient (Wildman–Crippen LogP) is 6.03. The van der Waals surface area contributed by atoms with E-state index < -0.39 is 0 Å². The number of anilines is 1. The largest absolute Gasteiger partial charge is 0.496 e. The highest BCUT2D eigenvalue weighted by molar-refractivity contribution is 7.99. The fourth-order valence-corrected chi connectivity index (χ4v) is 5.77. The Bertz CT molecular complexity index is 1360. The molecule has 0 spiro atoms. The van der Waals surface area contributed by atoms with Gasteiger partial charge < -0.3 is 19.5 Å². The highest BCUT2D eigenvalue weighted by Gasteiger charge is 2.07. The minimum absolute atomic E-state index is 0.307. The molecule has 0 amide bonds. The van der Waals surface area contributed by atoms with Gasteiger partial charge in [0.05, 0.1) is 7.11 Å². The number of hydrogen-bond donors (Lipinski definition) is 1. The van der Waals surface area contributed by atoms with Crippen molar-refractivity contribution in [2.45, 2.75) is 33.6 Å². The second-order valence-corrected chi connectivity index (χ2v) is 11.6. The van der Waals surface area contributed by atoms with E-state index in [1.807, 2.05) is 55.1 Å². The highest BCUT2D eigenvalue weighted by atomic mass is 32.2. The van der Waals surface area contributed by atoms with Crippen molar-refractivity contribution in [1.82, 2.24) is 20.4 Å². The van der Waals surface area contributed by atoms with Crippen LogP contribution in [0.2, 0.25) is 0 Å². The third kappa shape index (κ3) is 8.40. The molecule has 0 saturated heterocycles. The molecule has 0 aliphatic carbocycles. The lowest BCUT2D eigenvalue weighted by atomic mass is 10.1. The monoisotopic (exact) mass is 570 g/mol. The first-order valence-electron chi connectivity index (χ1n) is 12.0. The zero-order valence-corrected chi connectivity index (χ0v) is 24.2. The summed E-state index contributed by atoms with van der Waals surface area (Å²) in [7, 11) is 1.65. The number of rotatable bonds is 14. The van der Waals surface area contributed by atoms with Crippen molar-refractivity contribution in [2.75, 3.05) is 30.7 Å². The number of hydrogen-bond acceptors (Lipinski definition) is 12. The summed E-state index contributed by atoms with van der Waals surface area (Å²) in [5.41, 5.74) is 3.48. The lowest BCUT2D eigenvalue weighted by Gasteiger charge is -2.09. The summed E-state index contributed by atoms with van der Waals surface area (Å²) in [5.74, 6) is 4.21. The van der Waals surface area contributed by atoms with Crippen molar-refractivity contribution in [1.29, 1.82) is 0 Å². The first-order valence-corrected chi connectivity index (χ1v) is 14.8. The van der Waals surface area contributed by atoms with Crippen molar-refractivity contribution < 1.29 is 14.2 Å². The molecule has 4 rings (SSSR count). The summed E-state index contributed by atoms with van der Waals surface area (Å²) in [6.07, 6.45) is 3.13.